The summed E-state index contributed by atoms with van der Waals surface area (Å²) in [5.74, 6) is 0.613. The molecule has 0 unspecified atom stereocenters. The van der Waals surface area contributed by atoms with E-state index >= 15 is 0 Å². The summed E-state index contributed by atoms with van der Waals surface area (Å²) in [7, 11) is 0. The van der Waals surface area contributed by atoms with Gasteiger partial charge in [-0.15, -0.1) is 0 Å². The predicted octanol–water partition coefficient (Wildman–Crippen LogP) is 1.17. The minimum Gasteiger partial charge on any atom is -0.376 e. The lowest BCUT2D eigenvalue weighted by Gasteiger charge is -2.34. The lowest BCUT2D eigenvalue weighted by Crippen LogP contribution is -2.40. The molecule has 1 heterocycles. The molecule has 1 aliphatic rings. The smallest absolute Gasteiger partial charge is 0.0860 e. The van der Waals surface area contributed by atoms with Gasteiger partial charge in [-0.1, -0.05) is 6.92 Å². The van der Waals surface area contributed by atoms with Crippen molar-refractivity contribution in [3.8, 4) is 0 Å². The SMILES string of the molecule is C[C@@H]1OCC[C@H](C)[C@H]1OCCCN. The zero-order valence-electron chi connectivity index (χ0n) is 8.66. The van der Waals surface area contributed by atoms with Gasteiger partial charge in [0.2, 0.25) is 0 Å². The first kappa shape index (κ1) is 11.0. The first-order valence-electron chi connectivity index (χ1n) is 5.19. The van der Waals surface area contributed by atoms with Crippen LogP contribution in [0.25, 0.3) is 0 Å². The van der Waals surface area contributed by atoms with Crippen molar-refractivity contribution in [3.05, 3.63) is 0 Å². The highest BCUT2D eigenvalue weighted by atomic mass is 16.5. The van der Waals surface area contributed by atoms with Gasteiger partial charge in [0.15, 0.2) is 0 Å². The second-order valence-electron chi connectivity index (χ2n) is 3.82. The number of nitrogens with two attached hydrogens (primary N) is 1. The summed E-state index contributed by atoms with van der Waals surface area (Å²) in [5.41, 5.74) is 5.40. The molecule has 13 heavy (non-hydrogen) atoms. The Morgan fingerprint density at radius 1 is 1.46 bits per heavy atom. The van der Waals surface area contributed by atoms with Crippen molar-refractivity contribution in [2.75, 3.05) is 19.8 Å². The molecular weight excluding hydrogens is 166 g/mol. The molecule has 3 nitrogen and oxygen atoms in total. The molecule has 0 aromatic rings. The number of ether oxygens (including phenoxy) is 2. The van der Waals surface area contributed by atoms with Crippen molar-refractivity contribution in [2.45, 2.75) is 38.9 Å². The van der Waals surface area contributed by atoms with Gasteiger partial charge in [-0.2, -0.15) is 0 Å². The molecule has 0 spiro atoms. The number of rotatable bonds is 4. The number of hydrogen-bond donors (Lipinski definition) is 1. The van der Waals surface area contributed by atoms with Crippen molar-refractivity contribution in [2.24, 2.45) is 11.7 Å². The molecule has 0 aliphatic carbocycles. The van der Waals surface area contributed by atoms with Crippen LogP contribution in [-0.2, 0) is 9.47 Å². The van der Waals surface area contributed by atoms with Gasteiger partial charge in [0, 0.05) is 13.2 Å². The molecule has 0 radical (unpaired) electrons. The van der Waals surface area contributed by atoms with Crippen LogP contribution >= 0.6 is 0 Å². The fraction of sp³-hybridized carbons (Fsp3) is 1.00. The average Bonchev–Trinajstić information content (AvgIpc) is 2.10. The van der Waals surface area contributed by atoms with Crippen LogP contribution in [0.2, 0.25) is 0 Å². The highest BCUT2D eigenvalue weighted by Crippen LogP contribution is 2.22. The van der Waals surface area contributed by atoms with Gasteiger partial charge >= 0.3 is 0 Å². The van der Waals surface area contributed by atoms with Crippen LogP contribution in [0, 0.1) is 5.92 Å². The molecule has 1 aliphatic heterocycles. The van der Waals surface area contributed by atoms with Crippen molar-refractivity contribution >= 4 is 0 Å². The van der Waals surface area contributed by atoms with Crippen LogP contribution in [0.3, 0.4) is 0 Å². The molecule has 0 aromatic heterocycles. The third-order valence-corrected chi connectivity index (χ3v) is 2.64. The lowest BCUT2D eigenvalue weighted by molar-refractivity contribution is -0.123. The van der Waals surface area contributed by atoms with E-state index < -0.39 is 0 Å². The van der Waals surface area contributed by atoms with Crippen molar-refractivity contribution in [3.63, 3.8) is 0 Å². The van der Waals surface area contributed by atoms with Crippen molar-refractivity contribution in [1.29, 1.82) is 0 Å². The fourth-order valence-electron chi connectivity index (χ4n) is 1.76. The minimum absolute atomic E-state index is 0.238. The van der Waals surface area contributed by atoms with E-state index in [-0.39, 0.29) is 12.2 Å². The molecule has 3 atom stereocenters. The minimum atomic E-state index is 0.238. The Balaban J connectivity index is 2.26. The topological polar surface area (TPSA) is 44.5 Å². The third kappa shape index (κ3) is 3.25. The molecule has 0 amide bonds. The molecule has 1 saturated heterocycles. The van der Waals surface area contributed by atoms with Crippen LogP contribution in [0.4, 0.5) is 0 Å². The van der Waals surface area contributed by atoms with Crippen LogP contribution in [0.5, 0.6) is 0 Å². The Morgan fingerprint density at radius 2 is 2.23 bits per heavy atom. The predicted molar refractivity (Wildman–Crippen MR) is 52.6 cm³/mol. The maximum Gasteiger partial charge on any atom is 0.0860 e. The van der Waals surface area contributed by atoms with E-state index in [1.54, 1.807) is 0 Å². The van der Waals surface area contributed by atoms with E-state index in [1.807, 2.05) is 0 Å². The van der Waals surface area contributed by atoms with E-state index in [4.69, 9.17) is 15.2 Å². The maximum atomic E-state index is 5.74. The summed E-state index contributed by atoms with van der Waals surface area (Å²) in [5, 5.41) is 0. The van der Waals surface area contributed by atoms with Crippen LogP contribution in [0.15, 0.2) is 0 Å². The molecule has 3 heteroatoms. The van der Waals surface area contributed by atoms with Gasteiger partial charge in [-0.05, 0) is 32.2 Å². The Bertz CT molecular complexity index is 131. The van der Waals surface area contributed by atoms with Crippen molar-refractivity contribution in [1.82, 2.24) is 0 Å². The Kier molecular flexibility index (Phi) is 4.70. The van der Waals surface area contributed by atoms with Crippen LogP contribution in [0.1, 0.15) is 26.7 Å². The summed E-state index contributed by atoms with van der Waals surface area (Å²) in [4.78, 5) is 0. The van der Waals surface area contributed by atoms with Gasteiger partial charge in [-0.25, -0.2) is 0 Å². The number of hydrogen-bond acceptors (Lipinski definition) is 3. The van der Waals surface area contributed by atoms with Crippen LogP contribution in [-0.4, -0.2) is 32.0 Å². The zero-order chi connectivity index (χ0) is 9.68. The molecule has 0 aromatic carbocycles. The second kappa shape index (κ2) is 5.58. The second-order valence-corrected chi connectivity index (χ2v) is 3.82. The quantitative estimate of drug-likeness (QED) is 0.672. The molecule has 0 saturated carbocycles. The van der Waals surface area contributed by atoms with E-state index in [2.05, 4.69) is 13.8 Å². The van der Waals surface area contributed by atoms with Gasteiger partial charge < -0.3 is 15.2 Å². The molecule has 1 rings (SSSR count). The van der Waals surface area contributed by atoms with Crippen molar-refractivity contribution < 1.29 is 9.47 Å². The largest absolute Gasteiger partial charge is 0.376 e. The first-order chi connectivity index (χ1) is 6.25. The molecule has 1 fully saturated rings. The van der Waals surface area contributed by atoms with Gasteiger partial charge in [-0.3, -0.25) is 0 Å². The van der Waals surface area contributed by atoms with E-state index in [0.29, 0.717) is 12.5 Å². The molecule has 78 valence electrons. The molecule has 0 bridgehead atoms. The van der Waals surface area contributed by atoms with E-state index in [1.165, 1.54) is 0 Å². The molecule has 2 N–H and O–H groups in total. The van der Waals surface area contributed by atoms with Gasteiger partial charge in [0.1, 0.15) is 0 Å². The fourth-order valence-corrected chi connectivity index (χ4v) is 1.76. The van der Waals surface area contributed by atoms with Gasteiger partial charge in [0.25, 0.3) is 0 Å². The highest BCUT2D eigenvalue weighted by molar-refractivity contribution is 4.77. The zero-order valence-corrected chi connectivity index (χ0v) is 8.66. The molecular formula is C10H21NO2. The lowest BCUT2D eigenvalue weighted by atomic mass is 9.95. The monoisotopic (exact) mass is 187 g/mol. The van der Waals surface area contributed by atoms with Crippen LogP contribution < -0.4 is 5.73 Å². The summed E-state index contributed by atoms with van der Waals surface area (Å²) in [6.45, 7) is 6.66. The first-order valence-corrected chi connectivity index (χ1v) is 5.19. The summed E-state index contributed by atoms with van der Waals surface area (Å²) in [6.07, 6.45) is 2.55. The summed E-state index contributed by atoms with van der Waals surface area (Å²) in [6, 6.07) is 0. The average molecular weight is 187 g/mol. The summed E-state index contributed by atoms with van der Waals surface area (Å²) >= 11 is 0. The Morgan fingerprint density at radius 3 is 2.85 bits per heavy atom. The van der Waals surface area contributed by atoms with E-state index in [9.17, 15) is 0 Å². The Labute approximate surface area is 80.6 Å². The third-order valence-electron chi connectivity index (χ3n) is 2.64. The normalized spacial score (nSPS) is 34.8. The van der Waals surface area contributed by atoms with E-state index in [0.717, 1.165) is 26.1 Å². The van der Waals surface area contributed by atoms with Gasteiger partial charge in [0.05, 0.1) is 12.2 Å². The summed E-state index contributed by atoms with van der Waals surface area (Å²) < 4.78 is 11.3. The highest BCUT2D eigenvalue weighted by Gasteiger charge is 2.28. The maximum absolute atomic E-state index is 5.74. The standard InChI is InChI=1S/C10H21NO2/c1-8-4-7-12-9(2)10(8)13-6-3-5-11/h8-10H,3-7,11H2,1-2H3/t8-,9-,10+/m0/s1. The Hall–Kier alpha value is -0.120.